The standard InChI is InChI=1S/C9H17NO2/c1-2-3-8(11)9(10)4-6-12-7-5-9/h2-7,10H2,1H3. The summed E-state index contributed by atoms with van der Waals surface area (Å²) in [7, 11) is 0. The lowest BCUT2D eigenvalue weighted by atomic mass is 9.85. The van der Waals surface area contributed by atoms with Gasteiger partial charge in [-0.3, -0.25) is 4.79 Å². The second-order valence-electron chi connectivity index (χ2n) is 3.44. The minimum absolute atomic E-state index is 0.202. The Morgan fingerprint density at radius 1 is 1.50 bits per heavy atom. The van der Waals surface area contributed by atoms with Gasteiger partial charge in [0, 0.05) is 19.6 Å². The summed E-state index contributed by atoms with van der Waals surface area (Å²) in [5.74, 6) is 0.202. The molecule has 12 heavy (non-hydrogen) atoms. The summed E-state index contributed by atoms with van der Waals surface area (Å²) in [6.07, 6.45) is 2.87. The van der Waals surface area contributed by atoms with E-state index in [-0.39, 0.29) is 5.78 Å². The first-order valence-electron chi connectivity index (χ1n) is 4.59. The van der Waals surface area contributed by atoms with Crippen LogP contribution in [0.5, 0.6) is 0 Å². The Morgan fingerprint density at radius 3 is 2.58 bits per heavy atom. The molecule has 0 unspecified atom stereocenters. The van der Waals surface area contributed by atoms with Crippen molar-refractivity contribution < 1.29 is 9.53 Å². The van der Waals surface area contributed by atoms with Crippen LogP contribution in [0.4, 0.5) is 0 Å². The van der Waals surface area contributed by atoms with E-state index in [0.29, 0.717) is 32.5 Å². The molecule has 0 aliphatic carbocycles. The highest BCUT2D eigenvalue weighted by atomic mass is 16.5. The Bertz CT molecular complexity index is 162. The normalized spacial score (nSPS) is 22.2. The fraction of sp³-hybridized carbons (Fsp3) is 0.889. The fourth-order valence-electron chi connectivity index (χ4n) is 1.49. The van der Waals surface area contributed by atoms with Gasteiger partial charge < -0.3 is 10.5 Å². The van der Waals surface area contributed by atoms with E-state index < -0.39 is 5.54 Å². The maximum absolute atomic E-state index is 11.5. The first kappa shape index (κ1) is 9.68. The molecule has 2 N–H and O–H groups in total. The van der Waals surface area contributed by atoms with Crippen molar-refractivity contribution in [2.24, 2.45) is 5.73 Å². The van der Waals surface area contributed by atoms with Crippen molar-refractivity contribution in [1.82, 2.24) is 0 Å². The Morgan fingerprint density at radius 2 is 2.08 bits per heavy atom. The zero-order valence-corrected chi connectivity index (χ0v) is 7.64. The lowest BCUT2D eigenvalue weighted by molar-refractivity contribution is -0.127. The van der Waals surface area contributed by atoms with Crippen LogP contribution in [0.1, 0.15) is 32.6 Å². The fourth-order valence-corrected chi connectivity index (χ4v) is 1.49. The van der Waals surface area contributed by atoms with E-state index in [1.807, 2.05) is 6.92 Å². The van der Waals surface area contributed by atoms with Gasteiger partial charge in [0.1, 0.15) is 0 Å². The summed E-state index contributed by atoms with van der Waals surface area (Å²) in [5.41, 5.74) is 5.38. The minimum Gasteiger partial charge on any atom is -0.381 e. The lowest BCUT2D eigenvalue weighted by Gasteiger charge is -2.31. The number of nitrogens with two attached hydrogens (primary N) is 1. The minimum atomic E-state index is -0.575. The molecule has 0 atom stereocenters. The molecule has 1 heterocycles. The van der Waals surface area contributed by atoms with Crippen LogP contribution in [0.15, 0.2) is 0 Å². The van der Waals surface area contributed by atoms with Crippen LogP contribution >= 0.6 is 0 Å². The number of rotatable bonds is 3. The molecule has 1 fully saturated rings. The van der Waals surface area contributed by atoms with Gasteiger partial charge in [-0.1, -0.05) is 6.92 Å². The maximum atomic E-state index is 11.5. The van der Waals surface area contributed by atoms with Gasteiger partial charge in [-0.05, 0) is 19.3 Å². The molecular weight excluding hydrogens is 154 g/mol. The third-order valence-electron chi connectivity index (χ3n) is 2.42. The molecule has 1 aliphatic heterocycles. The average Bonchev–Trinajstić information content (AvgIpc) is 2.06. The maximum Gasteiger partial charge on any atom is 0.152 e. The molecule has 1 aliphatic rings. The molecular formula is C9H17NO2. The Labute approximate surface area is 73.3 Å². The number of carbonyl (C=O) groups is 1. The second-order valence-corrected chi connectivity index (χ2v) is 3.44. The van der Waals surface area contributed by atoms with Gasteiger partial charge in [-0.2, -0.15) is 0 Å². The van der Waals surface area contributed by atoms with Gasteiger partial charge in [-0.15, -0.1) is 0 Å². The predicted molar refractivity (Wildman–Crippen MR) is 46.9 cm³/mol. The largest absolute Gasteiger partial charge is 0.381 e. The Kier molecular flexibility index (Phi) is 3.23. The Hall–Kier alpha value is -0.410. The topological polar surface area (TPSA) is 52.3 Å². The third-order valence-corrected chi connectivity index (χ3v) is 2.42. The Balaban J connectivity index is 2.50. The van der Waals surface area contributed by atoms with Crippen molar-refractivity contribution >= 4 is 5.78 Å². The summed E-state index contributed by atoms with van der Waals surface area (Å²) in [4.78, 5) is 11.5. The van der Waals surface area contributed by atoms with Gasteiger partial charge in [0.2, 0.25) is 0 Å². The van der Waals surface area contributed by atoms with E-state index in [9.17, 15) is 4.79 Å². The molecule has 0 saturated carbocycles. The van der Waals surface area contributed by atoms with Crippen molar-refractivity contribution in [2.75, 3.05) is 13.2 Å². The summed E-state index contributed by atoms with van der Waals surface area (Å²) < 4.78 is 5.16. The zero-order valence-electron chi connectivity index (χ0n) is 7.64. The zero-order chi connectivity index (χ0) is 9.03. The van der Waals surface area contributed by atoms with Crippen LogP contribution in [-0.2, 0) is 9.53 Å². The molecule has 1 rings (SSSR count). The first-order valence-corrected chi connectivity index (χ1v) is 4.59. The molecule has 0 aromatic carbocycles. The van der Waals surface area contributed by atoms with E-state index in [4.69, 9.17) is 10.5 Å². The van der Waals surface area contributed by atoms with E-state index in [1.165, 1.54) is 0 Å². The molecule has 0 radical (unpaired) electrons. The first-order chi connectivity index (χ1) is 5.69. The summed E-state index contributed by atoms with van der Waals surface area (Å²) in [5, 5.41) is 0. The average molecular weight is 171 g/mol. The highest BCUT2D eigenvalue weighted by Crippen LogP contribution is 2.20. The highest BCUT2D eigenvalue weighted by Gasteiger charge is 2.34. The van der Waals surface area contributed by atoms with Gasteiger partial charge in [0.25, 0.3) is 0 Å². The van der Waals surface area contributed by atoms with Crippen molar-refractivity contribution in [3.63, 3.8) is 0 Å². The highest BCUT2D eigenvalue weighted by molar-refractivity contribution is 5.88. The van der Waals surface area contributed by atoms with Gasteiger partial charge in [0.05, 0.1) is 5.54 Å². The van der Waals surface area contributed by atoms with Crippen LogP contribution < -0.4 is 5.73 Å². The lowest BCUT2D eigenvalue weighted by Crippen LogP contribution is -2.51. The van der Waals surface area contributed by atoms with Crippen LogP contribution in [-0.4, -0.2) is 24.5 Å². The third kappa shape index (κ3) is 2.05. The predicted octanol–water partition coefficient (Wildman–Crippen LogP) is 0.864. The number of carbonyl (C=O) groups excluding carboxylic acids is 1. The van der Waals surface area contributed by atoms with Crippen LogP contribution in [0.3, 0.4) is 0 Å². The number of ketones is 1. The molecule has 3 nitrogen and oxygen atoms in total. The second kappa shape index (κ2) is 4.01. The van der Waals surface area contributed by atoms with Crippen LogP contribution in [0.25, 0.3) is 0 Å². The molecule has 0 aromatic heterocycles. The van der Waals surface area contributed by atoms with E-state index in [0.717, 1.165) is 6.42 Å². The quantitative estimate of drug-likeness (QED) is 0.685. The molecule has 0 bridgehead atoms. The molecule has 0 aromatic rings. The van der Waals surface area contributed by atoms with Crippen molar-refractivity contribution in [2.45, 2.75) is 38.1 Å². The van der Waals surface area contributed by atoms with Crippen molar-refractivity contribution in [3.05, 3.63) is 0 Å². The number of ether oxygens (including phenoxy) is 1. The molecule has 0 amide bonds. The van der Waals surface area contributed by atoms with E-state index in [1.54, 1.807) is 0 Å². The van der Waals surface area contributed by atoms with Crippen molar-refractivity contribution in [1.29, 1.82) is 0 Å². The smallest absolute Gasteiger partial charge is 0.152 e. The monoisotopic (exact) mass is 171 g/mol. The van der Waals surface area contributed by atoms with Gasteiger partial charge in [0.15, 0.2) is 5.78 Å². The SMILES string of the molecule is CCCC(=O)C1(N)CCOCC1. The van der Waals surface area contributed by atoms with Crippen LogP contribution in [0, 0.1) is 0 Å². The molecule has 0 spiro atoms. The van der Waals surface area contributed by atoms with Crippen molar-refractivity contribution in [3.8, 4) is 0 Å². The van der Waals surface area contributed by atoms with Gasteiger partial charge >= 0.3 is 0 Å². The van der Waals surface area contributed by atoms with E-state index >= 15 is 0 Å². The summed E-state index contributed by atoms with van der Waals surface area (Å²) >= 11 is 0. The molecule has 3 heteroatoms. The number of hydrogen-bond acceptors (Lipinski definition) is 3. The van der Waals surface area contributed by atoms with Crippen LogP contribution in [0.2, 0.25) is 0 Å². The summed E-state index contributed by atoms with van der Waals surface area (Å²) in [6.45, 7) is 3.26. The van der Waals surface area contributed by atoms with E-state index in [2.05, 4.69) is 0 Å². The summed E-state index contributed by atoms with van der Waals surface area (Å²) in [6, 6.07) is 0. The number of Topliss-reactive ketones (excluding diaryl/α,β-unsaturated/α-hetero) is 1. The number of hydrogen-bond donors (Lipinski definition) is 1. The molecule has 1 saturated heterocycles. The molecule has 70 valence electrons. The van der Waals surface area contributed by atoms with Gasteiger partial charge in [-0.25, -0.2) is 0 Å².